The van der Waals surface area contributed by atoms with Crippen molar-refractivity contribution in [2.24, 2.45) is 0 Å². The number of ether oxygens (including phenoxy) is 2. The molecule has 0 saturated carbocycles. The van der Waals surface area contributed by atoms with E-state index in [1.54, 1.807) is 37.3 Å². The van der Waals surface area contributed by atoms with E-state index in [0.29, 0.717) is 27.8 Å². The fraction of sp³-hybridized carbons (Fsp3) is 0.174. The zero-order valence-electron chi connectivity index (χ0n) is 17.6. The van der Waals surface area contributed by atoms with Crippen LogP contribution in [-0.2, 0) is 21.4 Å². The summed E-state index contributed by atoms with van der Waals surface area (Å²) in [7, 11) is -2.25. The second-order valence-electron chi connectivity index (χ2n) is 6.92. The van der Waals surface area contributed by atoms with Gasteiger partial charge in [-0.25, -0.2) is 8.42 Å². The first-order chi connectivity index (χ1) is 15.3. The van der Waals surface area contributed by atoms with Gasteiger partial charge >= 0.3 is 0 Å². The smallest absolute Gasteiger partial charge is 0.261 e. The molecule has 32 heavy (non-hydrogen) atoms. The first-order valence-electron chi connectivity index (χ1n) is 9.69. The van der Waals surface area contributed by atoms with Gasteiger partial charge < -0.3 is 14.8 Å². The summed E-state index contributed by atoms with van der Waals surface area (Å²) in [4.78, 5) is 12.2. The number of sulfonamides is 1. The molecular weight excluding hydrogens is 452 g/mol. The third-order valence-corrected chi connectivity index (χ3v) is 6.34. The predicted octanol–water partition coefficient (Wildman–Crippen LogP) is 4.15. The van der Waals surface area contributed by atoms with Crippen molar-refractivity contribution in [2.75, 3.05) is 18.4 Å². The maximum Gasteiger partial charge on any atom is 0.261 e. The third-order valence-electron chi connectivity index (χ3n) is 4.59. The lowest BCUT2D eigenvalue weighted by Crippen LogP contribution is -2.28. The molecule has 0 spiro atoms. The van der Waals surface area contributed by atoms with Gasteiger partial charge in [-0.1, -0.05) is 29.8 Å². The molecule has 0 radical (unpaired) electrons. The summed E-state index contributed by atoms with van der Waals surface area (Å²) < 4.78 is 38.5. The molecule has 2 N–H and O–H groups in total. The van der Waals surface area contributed by atoms with Crippen molar-refractivity contribution in [1.29, 1.82) is 0 Å². The Kier molecular flexibility index (Phi) is 7.61. The van der Waals surface area contributed by atoms with Crippen molar-refractivity contribution in [3.63, 3.8) is 0 Å². The normalized spacial score (nSPS) is 11.0. The molecule has 0 heterocycles. The maximum atomic E-state index is 12.7. The van der Waals surface area contributed by atoms with Crippen LogP contribution in [0.15, 0.2) is 71.6 Å². The number of nitrogens with one attached hydrogen (secondary N) is 2. The zero-order valence-corrected chi connectivity index (χ0v) is 19.2. The molecule has 3 aromatic rings. The molecule has 3 rings (SSSR count). The number of amides is 1. The average Bonchev–Trinajstić information content (AvgIpc) is 2.78. The highest BCUT2D eigenvalue weighted by Gasteiger charge is 2.16. The van der Waals surface area contributed by atoms with E-state index < -0.39 is 10.0 Å². The van der Waals surface area contributed by atoms with Crippen molar-refractivity contribution in [2.45, 2.75) is 18.4 Å². The van der Waals surface area contributed by atoms with E-state index in [2.05, 4.69) is 10.0 Å². The van der Waals surface area contributed by atoms with E-state index in [9.17, 15) is 13.2 Å². The minimum atomic E-state index is -3.78. The van der Waals surface area contributed by atoms with Crippen LogP contribution in [-0.4, -0.2) is 28.0 Å². The molecule has 0 atom stereocenters. The van der Waals surface area contributed by atoms with Crippen LogP contribution in [0.25, 0.3) is 0 Å². The molecule has 0 saturated heterocycles. The van der Waals surface area contributed by atoms with Crippen molar-refractivity contribution >= 4 is 33.2 Å². The zero-order chi connectivity index (χ0) is 23.1. The van der Waals surface area contributed by atoms with Crippen molar-refractivity contribution < 1.29 is 22.7 Å². The van der Waals surface area contributed by atoms with Gasteiger partial charge in [-0.05, 0) is 66.6 Å². The van der Waals surface area contributed by atoms with Gasteiger partial charge in [-0.15, -0.1) is 0 Å². The number of carbonyl (C=O) groups excluding carboxylic acids is 1. The summed E-state index contributed by atoms with van der Waals surface area (Å²) in [6.45, 7) is 1.79. The number of methoxy groups -OCH3 is 1. The third kappa shape index (κ3) is 6.15. The predicted molar refractivity (Wildman–Crippen MR) is 124 cm³/mol. The molecule has 7 nitrogen and oxygen atoms in total. The van der Waals surface area contributed by atoms with Gasteiger partial charge in [0.15, 0.2) is 6.61 Å². The molecule has 0 unspecified atom stereocenters. The number of hydrogen-bond donors (Lipinski definition) is 2. The van der Waals surface area contributed by atoms with Crippen LogP contribution in [0.4, 0.5) is 5.69 Å². The summed E-state index contributed by atoms with van der Waals surface area (Å²) in [5, 5.41) is 3.31. The van der Waals surface area contributed by atoms with Crippen LogP contribution in [0.1, 0.15) is 11.1 Å². The van der Waals surface area contributed by atoms with Crippen LogP contribution < -0.4 is 19.5 Å². The van der Waals surface area contributed by atoms with Crippen molar-refractivity contribution in [3.8, 4) is 11.5 Å². The molecule has 168 valence electrons. The number of rotatable bonds is 9. The van der Waals surface area contributed by atoms with Gasteiger partial charge in [0.1, 0.15) is 11.5 Å². The van der Waals surface area contributed by atoms with E-state index in [0.717, 1.165) is 5.56 Å². The highest BCUT2D eigenvalue weighted by molar-refractivity contribution is 7.92. The topological polar surface area (TPSA) is 93.7 Å². The molecular formula is C23H23ClN2O5S. The lowest BCUT2D eigenvalue weighted by molar-refractivity contribution is -0.123. The lowest BCUT2D eigenvalue weighted by atomic mass is 10.2. The lowest BCUT2D eigenvalue weighted by Gasteiger charge is -2.13. The molecule has 0 aromatic heterocycles. The van der Waals surface area contributed by atoms with Crippen molar-refractivity contribution in [1.82, 2.24) is 5.32 Å². The van der Waals surface area contributed by atoms with Gasteiger partial charge in [0, 0.05) is 17.3 Å². The van der Waals surface area contributed by atoms with Gasteiger partial charge in [0.2, 0.25) is 0 Å². The highest BCUT2D eigenvalue weighted by Crippen LogP contribution is 2.24. The molecule has 1 amide bonds. The monoisotopic (exact) mass is 474 g/mol. The standard InChI is InChI=1S/C23H23ClN2O5S/c1-16-13-20(32(28,29)26-18-7-9-19(30-2)10-8-18)11-12-22(16)31-15-23(27)25-14-17-5-3-4-6-21(17)24/h3-13,26H,14-15H2,1-2H3,(H,25,27). The van der Waals surface area contributed by atoms with Gasteiger partial charge in [-0.2, -0.15) is 0 Å². The molecule has 0 fully saturated rings. The number of hydrogen-bond acceptors (Lipinski definition) is 5. The summed E-state index contributed by atoms with van der Waals surface area (Å²) >= 11 is 6.08. The van der Waals surface area contributed by atoms with Crippen molar-refractivity contribution in [3.05, 3.63) is 82.9 Å². The van der Waals surface area contributed by atoms with Gasteiger partial charge in [-0.3, -0.25) is 9.52 Å². The number of carbonyl (C=O) groups is 1. The summed E-state index contributed by atoms with van der Waals surface area (Å²) in [6, 6.07) is 18.2. The van der Waals surface area contributed by atoms with Gasteiger partial charge in [0.25, 0.3) is 15.9 Å². The highest BCUT2D eigenvalue weighted by atomic mass is 35.5. The first kappa shape index (κ1) is 23.4. The Hall–Kier alpha value is -3.23. The summed E-state index contributed by atoms with van der Waals surface area (Å²) in [5.74, 6) is 0.727. The van der Waals surface area contributed by atoms with Crippen LogP contribution >= 0.6 is 11.6 Å². The molecule has 0 aliphatic heterocycles. The second kappa shape index (κ2) is 10.4. The molecule has 9 heteroatoms. The largest absolute Gasteiger partial charge is 0.497 e. The average molecular weight is 475 g/mol. The van der Waals surface area contributed by atoms with E-state index in [4.69, 9.17) is 21.1 Å². The Balaban J connectivity index is 1.59. The quantitative estimate of drug-likeness (QED) is 0.486. The number of aryl methyl sites for hydroxylation is 1. The molecule has 0 aliphatic rings. The van der Waals surface area contributed by atoms with E-state index in [1.807, 2.05) is 18.2 Å². The summed E-state index contributed by atoms with van der Waals surface area (Å²) in [6.07, 6.45) is 0. The minimum absolute atomic E-state index is 0.0846. The number of benzene rings is 3. The van der Waals surface area contributed by atoms with Gasteiger partial charge in [0.05, 0.1) is 12.0 Å². The Morgan fingerprint density at radius 1 is 1.03 bits per heavy atom. The Labute approximate surface area is 192 Å². The number of halogens is 1. The second-order valence-corrected chi connectivity index (χ2v) is 9.01. The van der Waals surface area contributed by atoms with Crippen LogP contribution in [0.2, 0.25) is 5.02 Å². The number of anilines is 1. The van der Waals surface area contributed by atoms with Crippen LogP contribution in [0.3, 0.4) is 0 Å². The van der Waals surface area contributed by atoms with E-state index >= 15 is 0 Å². The Morgan fingerprint density at radius 3 is 2.41 bits per heavy atom. The molecule has 0 aliphatic carbocycles. The van der Waals surface area contributed by atoms with Crippen LogP contribution in [0.5, 0.6) is 11.5 Å². The molecule has 0 bridgehead atoms. The maximum absolute atomic E-state index is 12.7. The van der Waals surface area contributed by atoms with E-state index in [1.165, 1.54) is 25.3 Å². The Bertz CT molecular complexity index is 1200. The fourth-order valence-electron chi connectivity index (χ4n) is 2.85. The minimum Gasteiger partial charge on any atom is -0.497 e. The van der Waals surface area contributed by atoms with Crippen LogP contribution in [0, 0.1) is 6.92 Å². The SMILES string of the molecule is COc1ccc(NS(=O)(=O)c2ccc(OCC(=O)NCc3ccccc3Cl)c(C)c2)cc1. The fourth-order valence-corrected chi connectivity index (χ4v) is 4.20. The van der Waals surface area contributed by atoms with E-state index in [-0.39, 0.29) is 24.0 Å². The first-order valence-corrected chi connectivity index (χ1v) is 11.5. The Morgan fingerprint density at radius 2 is 1.75 bits per heavy atom. The summed E-state index contributed by atoms with van der Waals surface area (Å²) in [5.41, 5.74) is 1.80. The molecule has 3 aromatic carbocycles.